The number of ether oxygens (including phenoxy) is 1. The van der Waals surface area contributed by atoms with Crippen molar-refractivity contribution in [2.24, 2.45) is 5.92 Å². The molecule has 7 N–H and O–H groups in total. The monoisotopic (exact) mass is 623 g/mol. The summed E-state index contributed by atoms with van der Waals surface area (Å²) in [5.41, 5.74) is 0.479. The molecule has 1 unspecified atom stereocenters. The number of nitrogens with one attached hydrogen (secondary N) is 1. The van der Waals surface area contributed by atoms with Gasteiger partial charge in [0.15, 0.2) is 18.0 Å². The molecule has 0 spiro atoms. The predicted octanol–water partition coefficient (Wildman–Crippen LogP) is -0.413. The molecule has 0 aliphatic carbocycles. The Hall–Kier alpha value is -4.02. The van der Waals surface area contributed by atoms with Crippen molar-refractivity contribution in [3.8, 4) is 0 Å². The first-order valence-electron chi connectivity index (χ1n) is 14.5. The van der Waals surface area contributed by atoms with Crippen molar-refractivity contribution in [2.45, 2.75) is 62.1 Å². The molecule has 1 aromatic heterocycles. The Kier molecular flexibility index (Phi) is 9.46. The van der Waals surface area contributed by atoms with Crippen LogP contribution in [0.5, 0.6) is 0 Å². The van der Waals surface area contributed by atoms with Crippen molar-refractivity contribution in [1.82, 2.24) is 15.0 Å². The van der Waals surface area contributed by atoms with Gasteiger partial charge in [-0.25, -0.2) is 0 Å². The van der Waals surface area contributed by atoms with E-state index >= 15 is 0 Å². The molecule has 2 aliphatic heterocycles. The van der Waals surface area contributed by atoms with Gasteiger partial charge in [0.2, 0.25) is 0 Å². The summed E-state index contributed by atoms with van der Waals surface area (Å²) < 4.78 is 6.65. The normalized spacial score (nSPS) is 27.9. The van der Waals surface area contributed by atoms with E-state index in [4.69, 9.17) is 4.74 Å². The summed E-state index contributed by atoms with van der Waals surface area (Å²) in [5.74, 6) is -2.44. The van der Waals surface area contributed by atoms with Crippen LogP contribution in [0.25, 0.3) is 0 Å². The molecule has 3 heterocycles. The quantitative estimate of drug-likeness (QED) is 0.144. The Labute approximate surface area is 258 Å². The second kappa shape index (κ2) is 13.1. The van der Waals surface area contributed by atoms with Crippen LogP contribution in [0, 0.1) is 5.92 Å². The van der Waals surface area contributed by atoms with Crippen LogP contribution in [0.1, 0.15) is 36.1 Å². The Bertz CT molecular complexity index is 1550. The summed E-state index contributed by atoms with van der Waals surface area (Å²) in [7, 11) is 1.53. The lowest BCUT2D eigenvalue weighted by Gasteiger charge is -2.37. The molecule has 0 saturated carbocycles. The lowest BCUT2D eigenvalue weighted by Crippen LogP contribution is -2.60. The highest BCUT2D eigenvalue weighted by atomic mass is 16.6. The van der Waals surface area contributed by atoms with E-state index in [0.29, 0.717) is 24.3 Å². The van der Waals surface area contributed by atoms with Crippen LogP contribution < -0.4 is 10.2 Å². The van der Waals surface area contributed by atoms with Gasteiger partial charge in [-0.1, -0.05) is 54.6 Å². The lowest BCUT2D eigenvalue weighted by molar-refractivity contribution is -0.274. The number of aryl methyl sites for hydroxylation is 1. The minimum atomic E-state index is -1.96. The fraction of sp³-hybridized carbons (Fsp3) is 0.419. The van der Waals surface area contributed by atoms with Crippen LogP contribution >= 0.6 is 0 Å². The number of fused-ring (bicyclic) bond motifs is 1. The van der Waals surface area contributed by atoms with Crippen molar-refractivity contribution in [1.29, 1.82) is 0 Å². The number of benzene rings is 2. The summed E-state index contributed by atoms with van der Waals surface area (Å²) in [6.07, 6.45) is -3.14. The van der Waals surface area contributed by atoms with E-state index in [1.54, 1.807) is 29.9 Å². The Morgan fingerprint density at radius 2 is 1.84 bits per heavy atom. The van der Waals surface area contributed by atoms with Gasteiger partial charge in [0.25, 0.3) is 11.8 Å². The van der Waals surface area contributed by atoms with E-state index in [9.17, 15) is 40.2 Å². The van der Waals surface area contributed by atoms with Crippen molar-refractivity contribution in [3.05, 3.63) is 83.7 Å². The first-order chi connectivity index (χ1) is 21.5. The standard InChI is InChI=1S/C31H37N5O9/c1-17(8-6-7-13-36-15-22(33-34-36)20(16-37)18-9-4-3-5-10-18)31(44)21-14-19(11-12-23(21)35(2)30(31)43)32-28(41)27-25(39)24(38)26(40)29(42)45-27/h3-6,8-12,14-15,17,20,24-27,29,37-40,42,44H,7,13,16H2,1-2H3,(H,32,41)/b8-6+/t17-,20?,24-,25-,26+,27-,29+,31+/m0/s1. The summed E-state index contributed by atoms with van der Waals surface area (Å²) in [4.78, 5) is 27.5. The third-order valence-electron chi connectivity index (χ3n) is 8.42. The van der Waals surface area contributed by atoms with Crippen LogP contribution in [0.15, 0.2) is 66.9 Å². The number of allylic oxidation sites excluding steroid dienone is 1. The number of carbonyl (C=O) groups excluding carboxylic acids is 2. The van der Waals surface area contributed by atoms with Crippen molar-refractivity contribution in [3.63, 3.8) is 0 Å². The number of anilines is 2. The molecule has 2 aliphatic rings. The average Bonchev–Trinajstić information content (AvgIpc) is 3.58. The molecule has 240 valence electrons. The van der Waals surface area contributed by atoms with Gasteiger partial charge in [0.1, 0.15) is 18.3 Å². The van der Waals surface area contributed by atoms with Gasteiger partial charge in [0.05, 0.1) is 23.9 Å². The second-order valence-corrected chi connectivity index (χ2v) is 11.3. The molecule has 14 nitrogen and oxygen atoms in total. The number of aliphatic hydroxyl groups excluding tert-OH is 5. The Morgan fingerprint density at radius 1 is 1.11 bits per heavy atom. The van der Waals surface area contributed by atoms with Gasteiger partial charge in [-0.05, 0) is 30.2 Å². The fourth-order valence-electron chi connectivity index (χ4n) is 5.71. The predicted molar refractivity (Wildman–Crippen MR) is 160 cm³/mol. The number of carbonyl (C=O) groups is 2. The van der Waals surface area contributed by atoms with Crippen LogP contribution in [-0.2, 0) is 26.5 Å². The van der Waals surface area contributed by atoms with Crippen LogP contribution in [0.3, 0.4) is 0 Å². The first kappa shape index (κ1) is 32.4. The Balaban J connectivity index is 1.26. The van der Waals surface area contributed by atoms with E-state index < -0.39 is 54.0 Å². The topological polar surface area (TPSA) is 211 Å². The molecular weight excluding hydrogens is 586 g/mol. The molecule has 3 aromatic rings. The number of aromatic nitrogens is 3. The minimum absolute atomic E-state index is 0.110. The van der Waals surface area contributed by atoms with Gasteiger partial charge in [-0.3, -0.25) is 14.3 Å². The highest BCUT2D eigenvalue weighted by molar-refractivity contribution is 6.07. The number of aliphatic hydroxyl groups is 6. The molecule has 14 heteroatoms. The number of amides is 2. The van der Waals surface area contributed by atoms with Gasteiger partial charge in [-0.2, -0.15) is 0 Å². The molecule has 5 rings (SSSR count). The highest BCUT2D eigenvalue weighted by Gasteiger charge is 2.52. The molecule has 0 radical (unpaired) electrons. The summed E-state index contributed by atoms with van der Waals surface area (Å²) in [6.45, 7) is 2.06. The van der Waals surface area contributed by atoms with Crippen LogP contribution in [0.2, 0.25) is 0 Å². The molecule has 8 atom stereocenters. The summed E-state index contributed by atoms with van der Waals surface area (Å²) >= 11 is 0. The third kappa shape index (κ3) is 6.13. The Morgan fingerprint density at radius 3 is 2.56 bits per heavy atom. The van der Waals surface area contributed by atoms with Gasteiger partial charge in [-0.15, -0.1) is 5.10 Å². The van der Waals surface area contributed by atoms with Gasteiger partial charge >= 0.3 is 0 Å². The zero-order chi connectivity index (χ0) is 32.5. The number of rotatable bonds is 10. The first-order valence-corrected chi connectivity index (χ1v) is 14.5. The average molecular weight is 624 g/mol. The SMILES string of the molecule is C[C@@H](/C=C/CCn1cc(C(CO)c2ccccc2)nn1)[C@]1(O)C(=O)N(C)c2ccc(NC(=O)[C@H]3O[C@@H](O)[C@H](O)[C@@H](O)[C@@H]3O)cc21. The number of likely N-dealkylation sites (N-methyl/N-ethyl adjacent to an activating group) is 1. The smallest absolute Gasteiger partial charge is 0.264 e. The maximum Gasteiger partial charge on any atom is 0.264 e. The molecular formula is C31H37N5O9. The largest absolute Gasteiger partial charge is 0.395 e. The van der Waals surface area contributed by atoms with E-state index in [1.165, 1.54) is 24.1 Å². The number of hydrogen-bond acceptors (Lipinski definition) is 11. The summed E-state index contributed by atoms with van der Waals surface area (Å²) in [5, 5.41) is 72.1. The third-order valence-corrected chi connectivity index (χ3v) is 8.42. The number of hydrogen-bond donors (Lipinski definition) is 7. The molecule has 2 amide bonds. The van der Waals surface area contributed by atoms with Crippen molar-refractivity contribution < 1.29 is 45.0 Å². The zero-order valence-corrected chi connectivity index (χ0v) is 24.7. The molecule has 2 aromatic carbocycles. The molecule has 1 saturated heterocycles. The highest BCUT2D eigenvalue weighted by Crippen LogP contribution is 2.45. The van der Waals surface area contributed by atoms with E-state index in [-0.39, 0.29) is 23.8 Å². The van der Waals surface area contributed by atoms with E-state index in [1.807, 2.05) is 36.4 Å². The van der Waals surface area contributed by atoms with E-state index in [2.05, 4.69) is 15.6 Å². The number of nitrogens with zero attached hydrogens (tertiary/aromatic N) is 4. The molecule has 45 heavy (non-hydrogen) atoms. The van der Waals surface area contributed by atoms with Crippen LogP contribution in [-0.4, -0.2) is 102 Å². The van der Waals surface area contributed by atoms with Gasteiger partial charge < -0.3 is 45.6 Å². The zero-order valence-electron chi connectivity index (χ0n) is 24.7. The van der Waals surface area contributed by atoms with Crippen molar-refractivity contribution in [2.75, 3.05) is 23.9 Å². The van der Waals surface area contributed by atoms with Crippen LogP contribution in [0.4, 0.5) is 11.4 Å². The summed E-state index contributed by atoms with van der Waals surface area (Å²) in [6, 6.07) is 14.0. The van der Waals surface area contributed by atoms with E-state index in [0.717, 1.165) is 5.56 Å². The maximum absolute atomic E-state index is 13.3. The van der Waals surface area contributed by atoms with Crippen molar-refractivity contribution >= 4 is 23.2 Å². The minimum Gasteiger partial charge on any atom is -0.395 e. The fourth-order valence-corrected chi connectivity index (χ4v) is 5.71. The van der Waals surface area contributed by atoms with Gasteiger partial charge in [0, 0.05) is 37.0 Å². The second-order valence-electron chi connectivity index (χ2n) is 11.3. The molecule has 1 fully saturated rings. The molecule has 0 bridgehead atoms. The lowest BCUT2D eigenvalue weighted by atomic mass is 9.82. The maximum atomic E-state index is 13.3.